The Morgan fingerprint density at radius 2 is 1.91 bits per heavy atom. The van der Waals surface area contributed by atoms with Gasteiger partial charge in [0.05, 0.1) is 16.4 Å². The second kappa shape index (κ2) is 7.15. The van der Waals surface area contributed by atoms with Gasteiger partial charge in [0.15, 0.2) is 6.61 Å². The van der Waals surface area contributed by atoms with Gasteiger partial charge in [0.25, 0.3) is 0 Å². The zero-order chi connectivity index (χ0) is 16.1. The standard InChI is InChI=1S/C16H12F2N2O2S/c17-16(18)22-12-7-5-11(6-8-12)9-19-21-10-15-20-13-3-1-2-4-14(13)23-15/h1-9,16H,10H2/b19-9-. The maximum absolute atomic E-state index is 12.0. The fourth-order valence-corrected chi connectivity index (χ4v) is 2.78. The third-order valence-electron chi connectivity index (χ3n) is 2.91. The summed E-state index contributed by atoms with van der Waals surface area (Å²) in [5.41, 5.74) is 1.66. The Labute approximate surface area is 135 Å². The molecule has 0 amide bonds. The van der Waals surface area contributed by atoms with Crippen LogP contribution in [0.4, 0.5) is 8.78 Å². The molecule has 3 rings (SSSR count). The molecule has 118 valence electrons. The van der Waals surface area contributed by atoms with Crippen molar-refractivity contribution in [1.82, 2.24) is 4.98 Å². The lowest BCUT2D eigenvalue weighted by Crippen LogP contribution is -2.01. The minimum absolute atomic E-state index is 0.104. The van der Waals surface area contributed by atoms with Crippen molar-refractivity contribution < 1.29 is 18.4 Å². The van der Waals surface area contributed by atoms with Crippen molar-refractivity contribution in [3.63, 3.8) is 0 Å². The number of hydrogen-bond acceptors (Lipinski definition) is 5. The molecule has 0 radical (unpaired) electrons. The highest BCUT2D eigenvalue weighted by Gasteiger charge is 2.04. The van der Waals surface area contributed by atoms with Crippen molar-refractivity contribution in [2.45, 2.75) is 13.2 Å². The van der Waals surface area contributed by atoms with Crippen LogP contribution in [-0.4, -0.2) is 17.8 Å². The summed E-state index contributed by atoms with van der Waals surface area (Å²) in [7, 11) is 0. The number of fused-ring (bicyclic) bond motifs is 1. The van der Waals surface area contributed by atoms with Crippen LogP contribution in [0.15, 0.2) is 53.7 Å². The van der Waals surface area contributed by atoms with Gasteiger partial charge >= 0.3 is 6.61 Å². The van der Waals surface area contributed by atoms with E-state index in [0.717, 1.165) is 20.8 Å². The molecule has 0 saturated carbocycles. The van der Waals surface area contributed by atoms with E-state index < -0.39 is 6.61 Å². The van der Waals surface area contributed by atoms with Crippen LogP contribution < -0.4 is 4.74 Å². The third-order valence-corrected chi connectivity index (χ3v) is 3.92. The molecule has 4 nitrogen and oxygen atoms in total. The van der Waals surface area contributed by atoms with Gasteiger partial charge in [0.1, 0.15) is 10.8 Å². The summed E-state index contributed by atoms with van der Waals surface area (Å²) in [6.07, 6.45) is 1.50. The minimum atomic E-state index is -2.83. The Morgan fingerprint density at radius 1 is 1.13 bits per heavy atom. The normalized spacial score (nSPS) is 11.4. The SMILES string of the molecule is FC(F)Oc1ccc(/C=N\OCc2nc3ccccc3s2)cc1. The first-order valence-electron chi connectivity index (χ1n) is 6.75. The lowest BCUT2D eigenvalue weighted by atomic mass is 10.2. The molecule has 0 N–H and O–H groups in total. The Bertz CT molecular complexity index is 770. The van der Waals surface area contributed by atoms with E-state index in [0.29, 0.717) is 0 Å². The van der Waals surface area contributed by atoms with Crippen LogP contribution >= 0.6 is 11.3 Å². The van der Waals surface area contributed by atoms with Gasteiger partial charge in [-0.2, -0.15) is 8.78 Å². The van der Waals surface area contributed by atoms with Crippen LogP contribution in [0.1, 0.15) is 10.6 Å². The van der Waals surface area contributed by atoms with Gasteiger partial charge in [0, 0.05) is 0 Å². The van der Waals surface area contributed by atoms with E-state index in [-0.39, 0.29) is 12.4 Å². The second-order valence-electron chi connectivity index (χ2n) is 4.53. The van der Waals surface area contributed by atoms with E-state index in [4.69, 9.17) is 4.84 Å². The molecule has 0 bridgehead atoms. The van der Waals surface area contributed by atoms with Crippen molar-refractivity contribution in [2.24, 2.45) is 5.16 Å². The minimum Gasteiger partial charge on any atom is -0.435 e. The van der Waals surface area contributed by atoms with Crippen LogP contribution in [0.3, 0.4) is 0 Å². The maximum Gasteiger partial charge on any atom is 0.387 e. The van der Waals surface area contributed by atoms with E-state index in [1.807, 2.05) is 24.3 Å². The van der Waals surface area contributed by atoms with Gasteiger partial charge in [-0.05, 0) is 42.0 Å². The van der Waals surface area contributed by atoms with Crippen molar-refractivity contribution in [3.8, 4) is 5.75 Å². The van der Waals surface area contributed by atoms with Crippen LogP contribution in [-0.2, 0) is 11.4 Å². The summed E-state index contributed by atoms with van der Waals surface area (Å²) >= 11 is 1.55. The maximum atomic E-state index is 12.0. The molecule has 0 aliphatic heterocycles. The number of para-hydroxylation sites is 1. The summed E-state index contributed by atoms with van der Waals surface area (Å²) < 4.78 is 29.4. The predicted molar refractivity (Wildman–Crippen MR) is 85.1 cm³/mol. The number of benzene rings is 2. The van der Waals surface area contributed by atoms with Crippen molar-refractivity contribution in [3.05, 3.63) is 59.1 Å². The molecule has 0 fully saturated rings. The fraction of sp³-hybridized carbons (Fsp3) is 0.125. The number of hydrogen-bond donors (Lipinski definition) is 0. The summed E-state index contributed by atoms with van der Waals surface area (Å²) in [6.45, 7) is -2.55. The van der Waals surface area contributed by atoms with Gasteiger partial charge in [0.2, 0.25) is 0 Å². The molecule has 0 unspecified atom stereocenters. The largest absolute Gasteiger partial charge is 0.435 e. The summed E-state index contributed by atoms with van der Waals surface area (Å²) in [5, 5.41) is 4.69. The first kappa shape index (κ1) is 15.4. The molecule has 2 aromatic carbocycles. The molecular formula is C16H12F2N2O2S. The van der Waals surface area contributed by atoms with Gasteiger partial charge in [-0.3, -0.25) is 0 Å². The quantitative estimate of drug-likeness (QED) is 0.494. The van der Waals surface area contributed by atoms with E-state index in [1.165, 1.54) is 18.3 Å². The first-order valence-corrected chi connectivity index (χ1v) is 7.57. The van der Waals surface area contributed by atoms with Crippen molar-refractivity contribution in [1.29, 1.82) is 0 Å². The fourth-order valence-electron chi connectivity index (χ4n) is 1.91. The first-order chi connectivity index (χ1) is 11.2. The molecule has 0 atom stereocenters. The number of halogens is 2. The van der Waals surface area contributed by atoms with E-state index in [1.54, 1.807) is 23.5 Å². The van der Waals surface area contributed by atoms with E-state index in [2.05, 4.69) is 14.9 Å². The van der Waals surface area contributed by atoms with Gasteiger partial charge in [-0.25, -0.2) is 4.98 Å². The number of oxime groups is 1. The number of thiazole rings is 1. The molecule has 1 aromatic heterocycles. The van der Waals surface area contributed by atoms with Crippen LogP contribution in [0.2, 0.25) is 0 Å². The second-order valence-corrected chi connectivity index (χ2v) is 5.65. The zero-order valence-corrected chi connectivity index (χ0v) is 12.7. The highest BCUT2D eigenvalue weighted by Crippen LogP contribution is 2.22. The highest BCUT2D eigenvalue weighted by molar-refractivity contribution is 7.18. The summed E-state index contributed by atoms with van der Waals surface area (Å²) in [6, 6.07) is 14.0. The predicted octanol–water partition coefficient (Wildman–Crippen LogP) is 4.45. The van der Waals surface area contributed by atoms with Gasteiger partial charge in [-0.15, -0.1) is 11.3 Å². The Kier molecular flexibility index (Phi) is 4.77. The topological polar surface area (TPSA) is 43.7 Å². The highest BCUT2D eigenvalue weighted by atomic mass is 32.1. The van der Waals surface area contributed by atoms with E-state index >= 15 is 0 Å². The van der Waals surface area contributed by atoms with Crippen LogP contribution in [0, 0.1) is 0 Å². The number of aromatic nitrogens is 1. The zero-order valence-electron chi connectivity index (χ0n) is 11.9. The van der Waals surface area contributed by atoms with E-state index in [9.17, 15) is 8.78 Å². The number of ether oxygens (including phenoxy) is 1. The molecule has 0 aliphatic carbocycles. The molecule has 3 aromatic rings. The molecule has 0 saturated heterocycles. The molecule has 0 aliphatic rings. The average molecular weight is 334 g/mol. The Balaban J connectivity index is 1.54. The van der Waals surface area contributed by atoms with Gasteiger partial charge < -0.3 is 9.57 Å². The number of nitrogens with zero attached hydrogens (tertiary/aromatic N) is 2. The lowest BCUT2D eigenvalue weighted by molar-refractivity contribution is -0.0498. The smallest absolute Gasteiger partial charge is 0.387 e. The summed E-state index contributed by atoms with van der Waals surface area (Å²) in [5.74, 6) is 0.104. The average Bonchev–Trinajstić information content (AvgIpc) is 2.95. The molecule has 7 heteroatoms. The van der Waals surface area contributed by atoms with Crippen molar-refractivity contribution >= 4 is 27.8 Å². The third kappa shape index (κ3) is 4.23. The summed E-state index contributed by atoms with van der Waals surface area (Å²) in [4.78, 5) is 9.64. The molecular weight excluding hydrogens is 322 g/mol. The van der Waals surface area contributed by atoms with Crippen LogP contribution in [0.5, 0.6) is 5.75 Å². The van der Waals surface area contributed by atoms with Crippen LogP contribution in [0.25, 0.3) is 10.2 Å². The Morgan fingerprint density at radius 3 is 2.65 bits per heavy atom. The lowest BCUT2D eigenvalue weighted by Gasteiger charge is -2.03. The number of alkyl halides is 2. The van der Waals surface area contributed by atoms with Gasteiger partial charge in [-0.1, -0.05) is 17.3 Å². The molecule has 0 spiro atoms. The molecule has 23 heavy (non-hydrogen) atoms. The Hall–Kier alpha value is -2.54. The van der Waals surface area contributed by atoms with Crippen molar-refractivity contribution in [2.75, 3.05) is 0 Å². The molecule has 1 heterocycles. The number of rotatable bonds is 6. The monoisotopic (exact) mass is 334 g/mol.